The quantitative estimate of drug-likeness (QED) is 0.481. The van der Waals surface area contributed by atoms with E-state index < -0.39 is 10.7 Å². The SMILES string of the molecule is CC(C)(C)c1cc(C(=O)N=S(c2ccccc2)c2ccccc2)cc(C(C)(C)C)c1O. The largest absolute Gasteiger partial charge is 0.507 e. The maximum Gasteiger partial charge on any atom is 0.283 e. The molecule has 3 nitrogen and oxygen atoms in total. The van der Waals surface area contributed by atoms with Gasteiger partial charge in [0.1, 0.15) is 5.75 Å². The number of aromatic hydroxyl groups is 1. The van der Waals surface area contributed by atoms with Crippen molar-refractivity contribution in [2.24, 2.45) is 4.36 Å². The summed E-state index contributed by atoms with van der Waals surface area (Å²) in [5.41, 5.74) is 1.43. The highest BCUT2D eigenvalue weighted by Gasteiger charge is 2.28. The van der Waals surface area contributed by atoms with Crippen LogP contribution in [0, 0.1) is 0 Å². The Hall–Kier alpha value is -2.72. The minimum absolute atomic E-state index is 0.265. The first-order valence-electron chi connectivity index (χ1n) is 10.5. The van der Waals surface area contributed by atoms with Crippen molar-refractivity contribution in [1.29, 1.82) is 0 Å². The predicted octanol–water partition coefficient (Wildman–Crippen LogP) is 7.05. The molecule has 0 atom stereocenters. The predicted molar refractivity (Wildman–Crippen MR) is 129 cm³/mol. The number of phenols is 1. The van der Waals surface area contributed by atoms with Crippen molar-refractivity contribution in [3.8, 4) is 5.75 Å². The minimum Gasteiger partial charge on any atom is -0.507 e. The summed E-state index contributed by atoms with van der Waals surface area (Å²) < 4.78 is 4.67. The molecule has 4 heteroatoms. The fourth-order valence-corrected chi connectivity index (χ4v) is 4.96. The van der Waals surface area contributed by atoms with E-state index in [1.54, 1.807) is 12.1 Å². The summed E-state index contributed by atoms with van der Waals surface area (Å²) in [6.07, 6.45) is 0. The Balaban J connectivity index is 2.19. The topological polar surface area (TPSA) is 49.7 Å². The van der Waals surface area contributed by atoms with Gasteiger partial charge in [0.15, 0.2) is 0 Å². The summed E-state index contributed by atoms with van der Waals surface area (Å²) >= 11 is 0. The van der Waals surface area contributed by atoms with Gasteiger partial charge in [0.25, 0.3) is 5.91 Å². The van der Waals surface area contributed by atoms with Crippen LogP contribution in [0.4, 0.5) is 0 Å². The molecule has 0 fully saturated rings. The molecule has 162 valence electrons. The van der Waals surface area contributed by atoms with E-state index in [9.17, 15) is 9.90 Å². The van der Waals surface area contributed by atoms with Crippen molar-refractivity contribution in [2.75, 3.05) is 0 Å². The maximum absolute atomic E-state index is 13.4. The van der Waals surface area contributed by atoms with E-state index in [-0.39, 0.29) is 22.5 Å². The fraction of sp³-hybridized carbons (Fsp3) is 0.296. The Labute approximate surface area is 188 Å². The highest BCUT2D eigenvalue weighted by molar-refractivity contribution is 7.87. The molecule has 0 radical (unpaired) electrons. The number of phenolic OH excluding ortho intramolecular Hbond substituents is 1. The van der Waals surface area contributed by atoms with Crippen LogP contribution in [0.15, 0.2) is 87.0 Å². The molecule has 0 bridgehead atoms. The molecule has 0 aliphatic heterocycles. The van der Waals surface area contributed by atoms with E-state index >= 15 is 0 Å². The van der Waals surface area contributed by atoms with Crippen LogP contribution in [0.5, 0.6) is 5.75 Å². The van der Waals surface area contributed by atoms with Gasteiger partial charge in [-0.05, 0) is 57.9 Å². The Morgan fingerprint density at radius 2 is 1.13 bits per heavy atom. The van der Waals surface area contributed by atoms with Gasteiger partial charge in [-0.3, -0.25) is 4.79 Å². The van der Waals surface area contributed by atoms with Crippen LogP contribution in [0.1, 0.15) is 63.0 Å². The summed E-state index contributed by atoms with van der Waals surface area (Å²) in [6, 6.07) is 23.4. The van der Waals surface area contributed by atoms with Crippen molar-refractivity contribution < 1.29 is 9.90 Å². The van der Waals surface area contributed by atoms with E-state index in [1.165, 1.54) is 0 Å². The van der Waals surface area contributed by atoms with Gasteiger partial charge in [-0.1, -0.05) is 77.9 Å². The number of hydrogen-bond acceptors (Lipinski definition) is 2. The van der Waals surface area contributed by atoms with Crippen LogP contribution in [0.25, 0.3) is 0 Å². The van der Waals surface area contributed by atoms with Crippen LogP contribution in [0.2, 0.25) is 0 Å². The summed E-state index contributed by atoms with van der Waals surface area (Å²) in [5, 5.41) is 11.0. The third kappa shape index (κ3) is 5.31. The smallest absolute Gasteiger partial charge is 0.283 e. The van der Waals surface area contributed by atoms with Gasteiger partial charge >= 0.3 is 0 Å². The molecule has 1 amide bonds. The molecule has 3 rings (SSSR count). The molecule has 0 aliphatic rings. The second kappa shape index (κ2) is 8.80. The number of amides is 1. The van der Waals surface area contributed by atoms with Crippen LogP contribution in [-0.2, 0) is 21.5 Å². The van der Waals surface area contributed by atoms with Crippen molar-refractivity contribution in [3.63, 3.8) is 0 Å². The number of rotatable bonds is 3. The standard InChI is InChI=1S/C27H31NO2S/c1-26(2,3)22-17-19(18-23(24(22)29)27(4,5)6)25(30)28-31(20-13-9-7-10-14-20)21-15-11-8-12-16-21/h7-18,29H,1-6H3. The lowest BCUT2D eigenvalue weighted by atomic mass is 9.78. The van der Waals surface area contributed by atoms with Crippen molar-refractivity contribution >= 4 is 16.6 Å². The van der Waals surface area contributed by atoms with Gasteiger partial charge in [-0.25, -0.2) is 0 Å². The van der Waals surface area contributed by atoms with Crippen molar-refractivity contribution in [2.45, 2.75) is 62.2 Å². The number of nitrogens with zero attached hydrogens (tertiary/aromatic N) is 1. The normalized spacial score (nSPS) is 12.1. The molecule has 0 aliphatic carbocycles. The van der Waals surface area contributed by atoms with Crippen molar-refractivity contribution in [1.82, 2.24) is 0 Å². The van der Waals surface area contributed by atoms with E-state index in [0.717, 1.165) is 20.9 Å². The van der Waals surface area contributed by atoms with E-state index in [1.807, 2.05) is 102 Å². The zero-order valence-electron chi connectivity index (χ0n) is 19.1. The Kier molecular flexibility index (Phi) is 6.51. The van der Waals surface area contributed by atoms with E-state index in [4.69, 9.17) is 0 Å². The monoisotopic (exact) mass is 433 g/mol. The summed E-state index contributed by atoms with van der Waals surface area (Å²) in [7, 11) is -0.730. The molecule has 0 spiro atoms. The molecule has 0 heterocycles. The zero-order valence-corrected chi connectivity index (χ0v) is 20.0. The molecule has 31 heavy (non-hydrogen) atoms. The Bertz CT molecular complexity index is 1030. The average Bonchev–Trinajstić information content (AvgIpc) is 2.71. The second-order valence-corrected chi connectivity index (χ2v) is 11.4. The second-order valence-electron chi connectivity index (χ2n) is 9.73. The molecule has 3 aromatic rings. The van der Waals surface area contributed by atoms with E-state index in [2.05, 4.69) is 4.36 Å². The zero-order chi connectivity index (χ0) is 22.8. The minimum atomic E-state index is -0.730. The first kappa shape index (κ1) is 23.0. The lowest BCUT2D eigenvalue weighted by molar-refractivity contribution is 0.100. The molecular formula is C27H31NO2S. The molecule has 0 unspecified atom stereocenters. The van der Waals surface area contributed by atoms with Gasteiger partial charge in [0, 0.05) is 26.5 Å². The highest BCUT2D eigenvalue weighted by atomic mass is 32.2. The lowest BCUT2D eigenvalue weighted by Gasteiger charge is -2.27. The fourth-order valence-electron chi connectivity index (χ4n) is 3.38. The molecular weight excluding hydrogens is 402 g/mol. The van der Waals surface area contributed by atoms with Crippen LogP contribution >= 0.6 is 0 Å². The lowest BCUT2D eigenvalue weighted by Crippen LogP contribution is -2.18. The van der Waals surface area contributed by atoms with Crippen LogP contribution in [-0.4, -0.2) is 11.0 Å². The van der Waals surface area contributed by atoms with Gasteiger partial charge in [-0.15, -0.1) is 0 Å². The first-order valence-corrected chi connectivity index (χ1v) is 11.6. The Morgan fingerprint density at radius 3 is 1.48 bits per heavy atom. The van der Waals surface area contributed by atoms with Crippen LogP contribution in [0.3, 0.4) is 0 Å². The molecule has 3 aromatic carbocycles. The Morgan fingerprint density at radius 1 is 0.742 bits per heavy atom. The van der Waals surface area contributed by atoms with E-state index in [0.29, 0.717) is 5.56 Å². The number of carbonyl (C=O) groups excluding carboxylic acids is 1. The molecule has 0 saturated heterocycles. The van der Waals surface area contributed by atoms with Gasteiger partial charge < -0.3 is 5.11 Å². The number of benzene rings is 3. The van der Waals surface area contributed by atoms with Crippen LogP contribution < -0.4 is 0 Å². The molecule has 1 N–H and O–H groups in total. The maximum atomic E-state index is 13.4. The first-order chi connectivity index (χ1) is 14.5. The summed E-state index contributed by atoms with van der Waals surface area (Å²) in [4.78, 5) is 15.4. The molecule has 0 aromatic heterocycles. The summed E-state index contributed by atoms with van der Waals surface area (Å²) in [6.45, 7) is 12.2. The molecule has 0 saturated carbocycles. The number of hydrogen-bond donors (Lipinski definition) is 1. The third-order valence-corrected chi connectivity index (χ3v) is 6.87. The average molecular weight is 434 g/mol. The van der Waals surface area contributed by atoms with Gasteiger partial charge in [0.05, 0.1) is 0 Å². The highest BCUT2D eigenvalue weighted by Crippen LogP contribution is 2.40. The van der Waals surface area contributed by atoms with Gasteiger partial charge in [0.2, 0.25) is 0 Å². The summed E-state index contributed by atoms with van der Waals surface area (Å²) in [5.74, 6) is -0.00583. The third-order valence-electron chi connectivity index (χ3n) is 5.08. The van der Waals surface area contributed by atoms with Crippen molar-refractivity contribution in [3.05, 3.63) is 89.5 Å². The van der Waals surface area contributed by atoms with Gasteiger partial charge in [-0.2, -0.15) is 4.36 Å². The number of carbonyl (C=O) groups is 1.